The van der Waals surface area contributed by atoms with Crippen molar-refractivity contribution >= 4 is 23.4 Å². The van der Waals surface area contributed by atoms with Gasteiger partial charge >= 0.3 is 11.9 Å². The Morgan fingerprint density at radius 3 is 1.96 bits per heavy atom. The quantitative estimate of drug-likeness (QED) is 0.502. The van der Waals surface area contributed by atoms with Crippen molar-refractivity contribution in [2.24, 2.45) is 0 Å². The second-order valence-corrected chi connectivity index (χ2v) is 5.52. The maximum absolute atomic E-state index is 12.3. The molecule has 0 saturated heterocycles. The number of hydrogen-bond acceptors (Lipinski definition) is 7. The molecule has 0 amide bonds. The number of carbonyl (C=O) groups excluding carboxylic acids is 3. The Balaban J connectivity index is 2.06. The number of ketones is 1. The van der Waals surface area contributed by atoms with Gasteiger partial charge in [-0.15, -0.1) is 0 Å². The van der Waals surface area contributed by atoms with E-state index in [9.17, 15) is 14.4 Å². The molecule has 26 heavy (non-hydrogen) atoms. The second-order valence-electron chi connectivity index (χ2n) is 5.52. The van der Waals surface area contributed by atoms with E-state index in [0.717, 1.165) is 5.69 Å². The minimum Gasteiger partial charge on any atom is -0.464 e. The number of carbonyl (C=O) groups is 3. The third kappa shape index (κ3) is 5.77. The van der Waals surface area contributed by atoms with Crippen LogP contribution in [-0.2, 0) is 19.1 Å². The largest absolute Gasteiger partial charge is 0.464 e. The predicted octanol–water partition coefficient (Wildman–Crippen LogP) is 2.44. The summed E-state index contributed by atoms with van der Waals surface area (Å²) in [5.74, 6) is -0.638. The van der Waals surface area contributed by atoms with Gasteiger partial charge in [-0.1, -0.05) is 0 Å². The number of benzene rings is 1. The van der Waals surface area contributed by atoms with Crippen LogP contribution in [0.15, 0.2) is 47.1 Å². The van der Waals surface area contributed by atoms with Crippen molar-refractivity contribution in [1.29, 1.82) is 0 Å². The van der Waals surface area contributed by atoms with Crippen LogP contribution in [-0.4, -0.2) is 44.0 Å². The molecule has 1 aromatic heterocycles. The zero-order valence-electron chi connectivity index (χ0n) is 14.8. The summed E-state index contributed by atoms with van der Waals surface area (Å²) in [6.45, 7) is 3.99. The Morgan fingerprint density at radius 1 is 0.923 bits per heavy atom. The highest BCUT2D eigenvalue weighted by Gasteiger charge is 2.13. The number of ether oxygens (including phenoxy) is 2. The van der Waals surface area contributed by atoms with Gasteiger partial charge in [0.05, 0.1) is 19.4 Å². The lowest BCUT2D eigenvalue weighted by molar-refractivity contribution is -0.141. The Bertz CT molecular complexity index is 716. The summed E-state index contributed by atoms with van der Waals surface area (Å²) in [7, 11) is 0. The SMILES string of the molecule is CC(=O)OCCN(CCOC(C)=O)c1ccc(C(=O)c2ccco2)cc1. The molecule has 0 atom stereocenters. The first-order chi connectivity index (χ1) is 12.5. The number of rotatable bonds is 9. The van der Waals surface area contributed by atoms with Crippen LogP contribution >= 0.6 is 0 Å². The third-order valence-electron chi connectivity index (χ3n) is 3.57. The maximum Gasteiger partial charge on any atom is 0.302 e. The van der Waals surface area contributed by atoms with E-state index in [4.69, 9.17) is 13.9 Å². The highest BCUT2D eigenvalue weighted by Crippen LogP contribution is 2.18. The molecule has 7 nitrogen and oxygen atoms in total. The van der Waals surface area contributed by atoms with E-state index in [1.807, 2.05) is 4.90 Å². The van der Waals surface area contributed by atoms with E-state index in [1.165, 1.54) is 20.1 Å². The van der Waals surface area contributed by atoms with E-state index in [1.54, 1.807) is 36.4 Å². The fourth-order valence-corrected chi connectivity index (χ4v) is 2.34. The molecule has 1 aromatic carbocycles. The predicted molar refractivity (Wildman–Crippen MR) is 94.1 cm³/mol. The van der Waals surface area contributed by atoms with Crippen LogP contribution in [0.2, 0.25) is 0 Å². The van der Waals surface area contributed by atoms with Gasteiger partial charge in [0, 0.05) is 25.1 Å². The molecule has 7 heteroatoms. The molecule has 0 aliphatic rings. The summed E-state index contributed by atoms with van der Waals surface area (Å²) < 4.78 is 15.1. The van der Waals surface area contributed by atoms with Gasteiger partial charge < -0.3 is 18.8 Å². The first kappa shape index (κ1) is 19.2. The van der Waals surface area contributed by atoms with Crippen molar-refractivity contribution < 1.29 is 28.3 Å². The Hall–Kier alpha value is -3.09. The summed E-state index contributed by atoms with van der Waals surface area (Å²) in [5, 5.41) is 0. The fourth-order valence-electron chi connectivity index (χ4n) is 2.34. The average molecular weight is 359 g/mol. The molecule has 0 aliphatic heterocycles. The van der Waals surface area contributed by atoms with E-state index in [0.29, 0.717) is 18.7 Å². The molecule has 0 radical (unpaired) electrons. The van der Waals surface area contributed by atoms with Gasteiger partial charge in [0.2, 0.25) is 5.78 Å². The molecular weight excluding hydrogens is 338 g/mol. The summed E-state index contributed by atoms with van der Waals surface area (Å²) in [5.41, 5.74) is 1.32. The molecule has 0 spiro atoms. The summed E-state index contributed by atoms with van der Waals surface area (Å²) in [6, 6.07) is 10.2. The van der Waals surface area contributed by atoms with Crippen molar-refractivity contribution in [3.63, 3.8) is 0 Å². The highest BCUT2D eigenvalue weighted by atomic mass is 16.5. The lowest BCUT2D eigenvalue weighted by Crippen LogP contribution is -2.31. The normalized spacial score (nSPS) is 10.2. The molecular formula is C19H21NO6. The first-order valence-electron chi connectivity index (χ1n) is 8.17. The summed E-state index contributed by atoms with van der Waals surface area (Å²) >= 11 is 0. The number of anilines is 1. The van der Waals surface area contributed by atoms with Crippen LogP contribution in [0.5, 0.6) is 0 Å². The van der Waals surface area contributed by atoms with Gasteiger partial charge in [-0.05, 0) is 36.4 Å². The summed E-state index contributed by atoms with van der Waals surface area (Å²) in [6.07, 6.45) is 1.45. The van der Waals surface area contributed by atoms with Crippen LogP contribution in [0, 0.1) is 0 Å². The molecule has 2 rings (SSSR count). The molecule has 0 bridgehead atoms. The van der Waals surface area contributed by atoms with Crippen molar-refractivity contribution in [1.82, 2.24) is 0 Å². The maximum atomic E-state index is 12.3. The van der Waals surface area contributed by atoms with Crippen LogP contribution < -0.4 is 4.90 Å². The van der Waals surface area contributed by atoms with Crippen LogP contribution in [0.3, 0.4) is 0 Å². The average Bonchev–Trinajstić information content (AvgIpc) is 3.14. The van der Waals surface area contributed by atoms with Crippen LogP contribution in [0.4, 0.5) is 5.69 Å². The molecule has 0 saturated carbocycles. The van der Waals surface area contributed by atoms with Gasteiger partial charge in [0.25, 0.3) is 0 Å². The van der Waals surface area contributed by atoms with Crippen molar-refractivity contribution in [2.45, 2.75) is 13.8 Å². The zero-order chi connectivity index (χ0) is 18.9. The van der Waals surface area contributed by atoms with E-state index < -0.39 is 0 Å². The van der Waals surface area contributed by atoms with E-state index >= 15 is 0 Å². The molecule has 0 fully saturated rings. The highest BCUT2D eigenvalue weighted by molar-refractivity contribution is 6.07. The van der Waals surface area contributed by atoms with Gasteiger partial charge in [-0.2, -0.15) is 0 Å². The second kappa shape index (κ2) is 9.41. The Kier molecular flexibility index (Phi) is 6.96. The van der Waals surface area contributed by atoms with Crippen molar-refractivity contribution in [3.05, 3.63) is 54.0 Å². The van der Waals surface area contributed by atoms with E-state index in [2.05, 4.69) is 0 Å². The fraction of sp³-hybridized carbons (Fsp3) is 0.316. The minimum absolute atomic E-state index is 0.201. The molecule has 0 unspecified atom stereocenters. The zero-order valence-corrected chi connectivity index (χ0v) is 14.8. The van der Waals surface area contributed by atoms with Crippen LogP contribution in [0.1, 0.15) is 30.0 Å². The Labute approximate surface area is 151 Å². The lowest BCUT2D eigenvalue weighted by Gasteiger charge is -2.24. The number of furan rings is 1. The van der Waals surface area contributed by atoms with Gasteiger partial charge in [0.1, 0.15) is 13.2 Å². The Morgan fingerprint density at radius 2 is 1.50 bits per heavy atom. The van der Waals surface area contributed by atoms with Crippen molar-refractivity contribution in [2.75, 3.05) is 31.2 Å². The van der Waals surface area contributed by atoms with Gasteiger partial charge in [-0.25, -0.2) is 0 Å². The van der Waals surface area contributed by atoms with Crippen molar-refractivity contribution in [3.8, 4) is 0 Å². The number of esters is 2. The minimum atomic E-state index is -0.357. The standard InChI is InChI=1S/C19H21NO6/c1-14(21)24-12-9-20(10-13-25-15(2)22)17-7-5-16(6-8-17)19(23)18-4-3-11-26-18/h3-8,11H,9-10,12-13H2,1-2H3. The molecule has 0 N–H and O–H groups in total. The number of nitrogens with zero attached hydrogens (tertiary/aromatic N) is 1. The third-order valence-corrected chi connectivity index (χ3v) is 3.57. The van der Waals surface area contributed by atoms with Crippen LogP contribution in [0.25, 0.3) is 0 Å². The molecule has 138 valence electrons. The number of hydrogen-bond donors (Lipinski definition) is 0. The molecule has 1 heterocycles. The van der Waals surface area contributed by atoms with Gasteiger partial charge in [-0.3, -0.25) is 14.4 Å². The smallest absolute Gasteiger partial charge is 0.302 e. The molecule has 0 aliphatic carbocycles. The summed E-state index contributed by atoms with van der Waals surface area (Å²) in [4.78, 5) is 36.1. The molecule has 2 aromatic rings. The van der Waals surface area contributed by atoms with E-state index in [-0.39, 0.29) is 36.7 Å². The van der Waals surface area contributed by atoms with Gasteiger partial charge in [0.15, 0.2) is 5.76 Å². The first-order valence-corrected chi connectivity index (χ1v) is 8.17. The monoisotopic (exact) mass is 359 g/mol. The topological polar surface area (TPSA) is 86.0 Å². The lowest BCUT2D eigenvalue weighted by atomic mass is 10.1.